The first-order chi connectivity index (χ1) is 21.8. The number of thiazole rings is 1. The Hall–Kier alpha value is -4.09. The molecular formula is C34H36F2N6O2S. The normalized spacial score (nSPS) is 16.5. The number of amides is 1. The maximum Gasteiger partial charge on any atom is 0.240 e. The molecule has 1 aliphatic carbocycles. The second-order valence-corrected chi connectivity index (χ2v) is 13.3. The van der Waals surface area contributed by atoms with E-state index >= 15 is 8.78 Å². The number of fused-ring (bicyclic) bond motifs is 5. The zero-order valence-electron chi connectivity index (χ0n) is 25.7. The fraction of sp³-hybridized carbons (Fsp3) is 0.382. The third-order valence-electron chi connectivity index (χ3n) is 8.65. The number of carbonyl (C=O) groups is 1. The minimum Gasteiger partial charge on any atom is -0.464 e. The lowest BCUT2D eigenvalue weighted by atomic mass is 10.0. The Morgan fingerprint density at radius 3 is 2.73 bits per heavy atom. The van der Waals surface area contributed by atoms with Crippen molar-refractivity contribution in [2.24, 2.45) is 5.92 Å². The number of benzene rings is 2. The highest BCUT2D eigenvalue weighted by molar-refractivity contribution is 7.11. The van der Waals surface area contributed by atoms with Crippen LogP contribution in [0, 0.1) is 17.6 Å². The summed E-state index contributed by atoms with van der Waals surface area (Å²) < 4.78 is 40.5. The molecule has 8 nitrogen and oxygen atoms in total. The van der Waals surface area contributed by atoms with Crippen molar-refractivity contribution in [3.8, 4) is 28.3 Å². The van der Waals surface area contributed by atoms with Crippen molar-refractivity contribution in [1.29, 1.82) is 0 Å². The Morgan fingerprint density at radius 1 is 1.20 bits per heavy atom. The van der Waals surface area contributed by atoms with Gasteiger partial charge in [0.1, 0.15) is 17.4 Å². The van der Waals surface area contributed by atoms with Gasteiger partial charge in [-0.2, -0.15) is 0 Å². The predicted octanol–water partition coefficient (Wildman–Crippen LogP) is 7.23. The number of nitrogens with one attached hydrogen (secondary N) is 2. The van der Waals surface area contributed by atoms with Crippen LogP contribution in [0.3, 0.4) is 0 Å². The van der Waals surface area contributed by atoms with Crippen molar-refractivity contribution >= 4 is 28.1 Å². The van der Waals surface area contributed by atoms with E-state index in [1.807, 2.05) is 32.9 Å². The fourth-order valence-corrected chi connectivity index (χ4v) is 7.40. The van der Waals surface area contributed by atoms with Gasteiger partial charge in [0.2, 0.25) is 12.1 Å². The summed E-state index contributed by atoms with van der Waals surface area (Å²) in [6, 6.07) is 9.97. The SMILES string of the molecule is CCCN(Cc1ncc(-c2cc(F)c3c(c2)OC(c2cnc(C4CC4)s2)n2c-3c(F)c3ccccc32)[nH]1)C(=O)C(NC)C(C)C. The molecule has 1 amide bonds. The number of rotatable bonds is 10. The first kappa shape index (κ1) is 29.6. The molecule has 5 aromatic rings. The first-order valence-electron chi connectivity index (χ1n) is 15.5. The molecule has 1 fully saturated rings. The first-order valence-corrected chi connectivity index (χ1v) is 16.4. The number of carbonyl (C=O) groups excluding carboxylic acids is 1. The van der Waals surface area contributed by atoms with Crippen molar-refractivity contribution in [3.05, 3.63) is 76.1 Å². The van der Waals surface area contributed by atoms with E-state index < -0.39 is 17.9 Å². The molecule has 0 spiro atoms. The van der Waals surface area contributed by atoms with Gasteiger partial charge in [0.25, 0.3) is 0 Å². The highest BCUT2D eigenvalue weighted by Crippen LogP contribution is 2.50. The maximum atomic E-state index is 16.1. The summed E-state index contributed by atoms with van der Waals surface area (Å²) >= 11 is 1.57. The molecule has 0 saturated heterocycles. The molecule has 4 heterocycles. The number of imidazole rings is 1. The number of likely N-dealkylation sites (N-methyl/N-ethyl adjacent to an activating group) is 1. The average Bonchev–Trinajstić information content (AvgIpc) is 3.44. The molecule has 45 heavy (non-hydrogen) atoms. The van der Waals surface area contributed by atoms with Gasteiger partial charge in [-0.3, -0.25) is 9.36 Å². The molecule has 2 atom stereocenters. The third-order valence-corrected chi connectivity index (χ3v) is 9.84. The predicted molar refractivity (Wildman–Crippen MR) is 171 cm³/mol. The van der Waals surface area contributed by atoms with Gasteiger partial charge in [0.15, 0.2) is 5.82 Å². The smallest absolute Gasteiger partial charge is 0.240 e. The number of nitrogens with zero attached hydrogens (tertiary/aromatic N) is 4. The Balaban J connectivity index is 1.26. The topological polar surface area (TPSA) is 88.1 Å². The van der Waals surface area contributed by atoms with E-state index in [1.165, 1.54) is 6.07 Å². The molecule has 2 aliphatic rings. The fourth-order valence-electron chi connectivity index (χ4n) is 6.29. The number of H-pyrrole nitrogens is 1. The number of hydrogen-bond acceptors (Lipinski definition) is 6. The van der Waals surface area contributed by atoms with Crippen LogP contribution >= 0.6 is 11.3 Å². The van der Waals surface area contributed by atoms with E-state index in [0.717, 1.165) is 29.1 Å². The van der Waals surface area contributed by atoms with Gasteiger partial charge in [-0.15, -0.1) is 11.3 Å². The van der Waals surface area contributed by atoms with Crippen LogP contribution in [-0.4, -0.2) is 50.0 Å². The quantitative estimate of drug-likeness (QED) is 0.170. The van der Waals surface area contributed by atoms with E-state index in [9.17, 15) is 4.79 Å². The molecule has 234 valence electrons. The molecule has 2 N–H and O–H groups in total. The monoisotopic (exact) mass is 630 g/mol. The lowest BCUT2D eigenvalue weighted by molar-refractivity contribution is -0.135. The summed E-state index contributed by atoms with van der Waals surface area (Å²) in [5.74, 6) is 0.365. The second-order valence-electron chi connectivity index (χ2n) is 12.2. The summed E-state index contributed by atoms with van der Waals surface area (Å²) in [7, 11) is 1.79. The molecule has 7 rings (SSSR count). The summed E-state index contributed by atoms with van der Waals surface area (Å²) in [5.41, 5.74) is 1.97. The summed E-state index contributed by atoms with van der Waals surface area (Å²) in [5, 5.41) is 4.59. The number of halogens is 2. The number of aromatic amines is 1. The van der Waals surface area contributed by atoms with E-state index in [2.05, 4.69) is 20.3 Å². The van der Waals surface area contributed by atoms with Crippen LogP contribution < -0.4 is 10.1 Å². The van der Waals surface area contributed by atoms with E-state index in [0.29, 0.717) is 47.0 Å². The van der Waals surface area contributed by atoms with Crippen LogP contribution in [0.2, 0.25) is 0 Å². The Morgan fingerprint density at radius 2 is 2.00 bits per heavy atom. The molecular weight excluding hydrogens is 594 g/mol. The Labute approximate surface area is 264 Å². The molecule has 2 unspecified atom stereocenters. The van der Waals surface area contributed by atoms with Crippen molar-refractivity contribution < 1.29 is 18.3 Å². The van der Waals surface area contributed by atoms with Crippen LogP contribution in [0.5, 0.6) is 5.75 Å². The lowest BCUT2D eigenvalue weighted by Crippen LogP contribution is -2.48. The second kappa shape index (κ2) is 11.7. The highest BCUT2D eigenvalue weighted by Gasteiger charge is 2.37. The third kappa shape index (κ3) is 5.21. The number of aromatic nitrogens is 4. The molecule has 1 saturated carbocycles. The van der Waals surface area contributed by atoms with Crippen molar-refractivity contribution in [2.75, 3.05) is 13.6 Å². The van der Waals surface area contributed by atoms with Crippen molar-refractivity contribution in [3.63, 3.8) is 0 Å². The van der Waals surface area contributed by atoms with Gasteiger partial charge in [-0.25, -0.2) is 18.7 Å². The van der Waals surface area contributed by atoms with Crippen LogP contribution in [0.1, 0.15) is 67.9 Å². The molecule has 2 aromatic carbocycles. The van der Waals surface area contributed by atoms with Crippen molar-refractivity contribution in [2.45, 2.75) is 64.8 Å². The molecule has 0 bridgehead atoms. The van der Waals surface area contributed by atoms with Crippen molar-refractivity contribution in [1.82, 2.24) is 29.7 Å². The highest BCUT2D eigenvalue weighted by atomic mass is 32.1. The summed E-state index contributed by atoms with van der Waals surface area (Å²) in [4.78, 5) is 28.4. The van der Waals surface area contributed by atoms with Gasteiger partial charge in [-0.1, -0.05) is 32.9 Å². The number of ether oxygens (including phenoxy) is 1. The summed E-state index contributed by atoms with van der Waals surface area (Å²) in [6.45, 7) is 6.93. The minimum atomic E-state index is -0.700. The van der Waals surface area contributed by atoms with Gasteiger partial charge in [0, 0.05) is 29.6 Å². The van der Waals surface area contributed by atoms with Crippen LogP contribution in [0.15, 0.2) is 48.8 Å². The maximum absolute atomic E-state index is 16.1. The molecule has 0 radical (unpaired) electrons. The average molecular weight is 631 g/mol. The van der Waals surface area contributed by atoms with Gasteiger partial charge in [0.05, 0.1) is 51.1 Å². The summed E-state index contributed by atoms with van der Waals surface area (Å²) in [6.07, 6.45) is 5.77. The zero-order chi connectivity index (χ0) is 31.4. The zero-order valence-corrected chi connectivity index (χ0v) is 26.5. The van der Waals surface area contributed by atoms with Gasteiger partial charge < -0.3 is 19.9 Å². The standard InChI is InChI=1S/C34H36F2N6O2S/c1-5-12-41(33(43)30(37-4)18(2)3)17-27-38-15-23(40-27)20-13-22(35)28-25(14-20)44-34(26-16-39-32(45-26)19-10-11-19)42-24-9-7-6-8-21(24)29(36)31(28)42/h6-9,13-16,18-19,30,34,37H,5,10-12,17H2,1-4H3,(H,38,40). The molecule has 3 aromatic heterocycles. The number of para-hydroxylation sites is 1. The van der Waals surface area contributed by atoms with E-state index in [1.54, 1.807) is 58.4 Å². The molecule has 11 heteroatoms. The van der Waals surface area contributed by atoms with Gasteiger partial charge in [-0.05, 0) is 56.5 Å². The van der Waals surface area contributed by atoms with Gasteiger partial charge >= 0.3 is 0 Å². The minimum absolute atomic E-state index is 0.0110. The van der Waals surface area contributed by atoms with Crippen LogP contribution in [-0.2, 0) is 11.3 Å². The van der Waals surface area contributed by atoms with Crippen LogP contribution in [0.25, 0.3) is 33.4 Å². The molecule has 1 aliphatic heterocycles. The van der Waals surface area contributed by atoms with E-state index in [4.69, 9.17) is 4.74 Å². The Kier molecular flexibility index (Phi) is 7.69. The van der Waals surface area contributed by atoms with E-state index in [-0.39, 0.29) is 34.9 Å². The number of hydrogen-bond donors (Lipinski definition) is 2. The lowest BCUT2D eigenvalue weighted by Gasteiger charge is -2.29. The Bertz CT molecular complexity index is 1890. The van der Waals surface area contributed by atoms with Crippen LogP contribution in [0.4, 0.5) is 8.78 Å². The largest absolute Gasteiger partial charge is 0.464 e.